The molecular weight excluding hydrogens is 544 g/mol. The van der Waals surface area contributed by atoms with E-state index in [0.29, 0.717) is 3.57 Å². The molecular formula is C20H18F3IN4O4. The van der Waals surface area contributed by atoms with Gasteiger partial charge in [-0.25, -0.2) is 18.0 Å². The summed E-state index contributed by atoms with van der Waals surface area (Å²) in [7, 11) is 1.25. The number of hydrogen-bond donors (Lipinski definition) is 3. The van der Waals surface area contributed by atoms with Crippen molar-refractivity contribution in [2.45, 2.75) is 11.8 Å². The quantitative estimate of drug-likeness (QED) is 0.389. The topological polar surface area (TPSA) is 91.9 Å². The molecule has 2 fully saturated rings. The van der Waals surface area contributed by atoms with Crippen LogP contribution in [0.5, 0.6) is 0 Å². The zero-order chi connectivity index (χ0) is 23.0. The number of nitrogens with one attached hydrogen (secondary N) is 3. The zero-order valence-electron chi connectivity index (χ0n) is 16.7. The van der Waals surface area contributed by atoms with Crippen molar-refractivity contribution >= 4 is 45.8 Å². The second-order valence-electron chi connectivity index (χ2n) is 7.43. The SMILES string of the molecule is COC(=O)C1NCC2(CN(C(=O)c3ccc(F)c(F)c3Nc3ccc(I)cc3F)C2)ON1. The molecule has 4 rings (SSSR count). The van der Waals surface area contributed by atoms with Crippen molar-refractivity contribution in [1.82, 2.24) is 15.7 Å². The predicted octanol–water partition coefficient (Wildman–Crippen LogP) is 2.27. The maximum absolute atomic E-state index is 14.6. The van der Waals surface area contributed by atoms with Crippen molar-refractivity contribution in [2.24, 2.45) is 0 Å². The molecule has 3 N–H and O–H groups in total. The van der Waals surface area contributed by atoms with Crippen LogP contribution in [-0.4, -0.2) is 55.3 Å². The third kappa shape index (κ3) is 4.27. The van der Waals surface area contributed by atoms with Gasteiger partial charge in [0.15, 0.2) is 17.8 Å². The lowest BCUT2D eigenvalue weighted by Gasteiger charge is -2.51. The number of amides is 1. The Morgan fingerprint density at radius 3 is 2.59 bits per heavy atom. The van der Waals surface area contributed by atoms with Gasteiger partial charge in [0, 0.05) is 10.1 Å². The minimum absolute atomic E-state index is 0.0955. The Morgan fingerprint density at radius 2 is 1.97 bits per heavy atom. The summed E-state index contributed by atoms with van der Waals surface area (Å²) in [5, 5.41) is 5.43. The van der Waals surface area contributed by atoms with Crippen LogP contribution in [0.2, 0.25) is 0 Å². The monoisotopic (exact) mass is 562 g/mol. The number of methoxy groups -OCH3 is 1. The molecule has 1 unspecified atom stereocenters. The third-order valence-corrected chi connectivity index (χ3v) is 5.89. The molecule has 2 heterocycles. The highest BCUT2D eigenvalue weighted by Gasteiger charge is 2.50. The van der Waals surface area contributed by atoms with Crippen molar-refractivity contribution in [3.05, 3.63) is 56.9 Å². The minimum atomic E-state index is -1.29. The summed E-state index contributed by atoms with van der Waals surface area (Å²) in [5.74, 6) is -4.26. The highest BCUT2D eigenvalue weighted by molar-refractivity contribution is 14.1. The van der Waals surface area contributed by atoms with Crippen LogP contribution in [0.25, 0.3) is 0 Å². The first-order valence-electron chi connectivity index (χ1n) is 9.47. The van der Waals surface area contributed by atoms with E-state index in [4.69, 9.17) is 4.84 Å². The lowest BCUT2D eigenvalue weighted by molar-refractivity contribution is -0.210. The predicted molar refractivity (Wildman–Crippen MR) is 115 cm³/mol. The van der Waals surface area contributed by atoms with E-state index >= 15 is 0 Å². The Bertz CT molecular complexity index is 1070. The number of hydroxylamine groups is 1. The number of anilines is 2. The molecule has 2 aliphatic rings. The molecule has 1 spiro atoms. The Morgan fingerprint density at radius 1 is 1.22 bits per heavy atom. The van der Waals surface area contributed by atoms with E-state index in [1.54, 1.807) is 6.07 Å². The minimum Gasteiger partial charge on any atom is -0.467 e. The van der Waals surface area contributed by atoms with Crippen molar-refractivity contribution in [3.8, 4) is 0 Å². The first-order chi connectivity index (χ1) is 15.2. The van der Waals surface area contributed by atoms with E-state index in [1.165, 1.54) is 24.1 Å². The van der Waals surface area contributed by atoms with Gasteiger partial charge in [0.2, 0.25) is 0 Å². The van der Waals surface area contributed by atoms with Crippen LogP contribution in [-0.2, 0) is 14.4 Å². The summed E-state index contributed by atoms with van der Waals surface area (Å²) in [4.78, 5) is 31.5. The lowest BCUT2D eigenvalue weighted by atomic mass is 9.92. The van der Waals surface area contributed by atoms with Gasteiger partial charge in [-0.3, -0.25) is 14.9 Å². The maximum Gasteiger partial charge on any atom is 0.339 e. The fourth-order valence-electron chi connectivity index (χ4n) is 3.52. The van der Waals surface area contributed by atoms with Crippen LogP contribution < -0.4 is 16.1 Å². The molecule has 2 aliphatic heterocycles. The third-order valence-electron chi connectivity index (χ3n) is 5.22. The molecule has 0 bridgehead atoms. The molecule has 12 heteroatoms. The van der Waals surface area contributed by atoms with Gasteiger partial charge in [-0.1, -0.05) is 0 Å². The molecule has 2 aromatic carbocycles. The van der Waals surface area contributed by atoms with E-state index in [2.05, 4.69) is 20.9 Å². The summed E-state index contributed by atoms with van der Waals surface area (Å²) < 4.78 is 48.0. The average Bonchev–Trinajstić information content (AvgIpc) is 2.76. The fraction of sp³-hybridized carbons (Fsp3) is 0.300. The van der Waals surface area contributed by atoms with Gasteiger partial charge in [-0.05, 0) is 52.9 Å². The van der Waals surface area contributed by atoms with Gasteiger partial charge >= 0.3 is 5.97 Å². The normalized spacial score (nSPS) is 19.4. The van der Waals surface area contributed by atoms with E-state index in [1.807, 2.05) is 22.6 Å². The van der Waals surface area contributed by atoms with E-state index in [-0.39, 0.29) is 30.9 Å². The summed E-state index contributed by atoms with van der Waals surface area (Å²) in [5.41, 5.74) is 1.06. The summed E-state index contributed by atoms with van der Waals surface area (Å²) in [6, 6.07) is 6.17. The van der Waals surface area contributed by atoms with E-state index in [9.17, 15) is 22.8 Å². The Hall–Kier alpha value is -2.42. The number of nitrogens with zero attached hydrogens (tertiary/aromatic N) is 1. The number of ether oxygens (including phenoxy) is 1. The lowest BCUT2D eigenvalue weighted by Crippen LogP contribution is -2.75. The molecule has 1 atom stereocenters. The number of likely N-dealkylation sites (tertiary alicyclic amines) is 1. The van der Waals surface area contributed by atoms with Crippen molar-refractivity contribution in [2.75, 3.05) is 32.1 Å². The van der Waals surface area contributed by atoms with E-state index in [0.717, 1.165) is 12.1 Å². The molecule has 0 aromatic heterocycles. The molecule has 8 nitrogen and oxygen atoms in total. The van der Waals surface area contributed by atoms with Crippen molar-refractivity contribution in [3.63, 3.8) is 0 Å². The van der Waals surface area contributed by atoms with Crippen LogP contribution in [0.3, 0.4) is 0 Å². The largest absolute Gasteiger partial charge is 0.467 e. The molecule has 32 heavy (non-hydrogen) atoms. The second-order valence-corrected chi connectivity index (χ2v) is 8.68. The van der Waals surface area contributed by atoms with Gasteiger partial charge in [-0.2, -0.15) is 5.48 Å². The van der Waals surface area contributed by atoms with Gasteiger partial charge < -0.3 is 15.0 Å². The van der Waals surface area contributed by atoms with Crippen LogP contribution in [0.15, 0.2) is 30.3 Å². The van der Waals surface area contributed by atoms with Crippen LogP contribution >= 0.6 is 22.6 Å². The number of halogens is 4. The molecule has 0 saturated carbocycles. The first-order valence-corrected chi connectivity index (χ1v) is 10.5. The van der Waals surface area contributed by atoms with Crippen LogP contribution in [0.1, 0.15) is 10.4 Å². The fourth-order valence-corrected chi connectivity index (χ4v) is 3.97. The van der Waals surface area contributed by atoms with Crippen LogP contribution in [0.4, 0.5) is 24.5 Å². The van der Waals surface area contributed by atoms with Crippen LogP contribution in [0, 0.1) is 21.0 Å². The molecule has 2 saturated heterocycles. The molecule has 2 aromatic rings. The smallest absolute Gasteiger partial charge is 0.339 e. The number of carbonyl (C=O) groups is 2. The highest BCUT2D eigenvalue weighted by atomic mass is 127. The molecule has 1 amide bonds. The standard InChI is InChI=1S/C20H18F3IN4O4/c1-31-19(30)17-25-7-20(32-27-17)8-28(9-20)18(29)11-3-4-12(21)15(23)16(11)26-14-5-2-10(24)6-13(14)22/h2-6,17,25-27H,7-9H2,1H3. The molecule has 0 radical (unpaired) electrons. The number of carbonyl (C=O) groups excluding carboxylic acids is 2. The Kier molecular flexibility index (Phi) is 6.29. The van der Waals surface area contributed by atoms with Gasteiger partial charge in [0.1, 0.15) is 11.4 Å². The molecule has 0 aliphatic carbocycles. The molecule has 170 valence electrons. The number of rotatable bonds is 4. The first kappa shape index (κ1) is 22.8. The van der Waals surface area contributed by atoms with Gasteiger partial charge in [-0.15, -0.1) is 0 Å². The van der Waals surface area contributed by atoms with Crippen molar-refractivity contribution in [1.29, 1.82) is 0 Å². The van der Waals surface area contributed by atoms with Gasteiger partial charge in [0.25, 0.3) is 5.91 Å². The summed E-state index contributed by atoms with van der Waals surface area (Å²) in [6.07, 6.45) is -0.832. The van der Waals surface area contributed by atoms with Gasteiger partial charge in [0.05, 0.1) is 37.1 Å². The summed E-state index contributed by atoms with van der Waals surface area (Å²) >= 11 is 1.92. The number of esters is 1. The Balaban J connectivity index is 1.50. The highest BCUT2D eigenvalue weighted by Crippen LogP contribution is 2.33. The average molecular weight is 562 g/mol. The summed E-state index contributed by atoms with van der Waals surface area (Å²) in [6.45, 7) is 0.534. The van der Waals surface area contributed by atoms with Crippen molar-refractivity contribution < 1.29 is 32.3 Å². The maximum atomic E-state index is 14.6. The number of benzene rings is 2. The Labute approximate surface area is 194 Å². The number of hydrogen-bond acceptors (Lipinski definition) is 7. The zero-order valence-corrected chi connectivity index (χ0v) is 18.8. The van der Waals surface area contributed by atoms with E-state index < -0.39 is 46.8 Å². The second kappa shape index (κ2) is 8.84.